The first-order chi connectivity index (χ1) is 10.7. The largest absolute Gasteiger partial charge is 0.421 e. The third-order valence-electron chi connectivity index (χ3n) is 3.44. The molecule has 4 nitrogen and oxygen atoms in total. The molecule has 1 aromatic carbocycles. The molecule has 132 valence electrons. The summed E-state index contributed by atoms with van der Waals surface area (Å²) >= 11 is 0. The highest BCUT2D eigenvalue weighted by atomic mass is 32.3. The quantitative estimate of drug-likeness (QED) is 0.355. The lowest BCUT2D eigenvalue weighted by molar-refractivity contribution is -0.116. The number of carbonyl (C=O) groups excluding carboxylic acids is 1. The zero-order valence-electron chi connectivity index (χ0n) is 14.5. The van der Waals surface area contributed by atoms with E-state index < -0.39 is 20.4 Å². The molecule has 0 bridgehead atoms. The van der Waals surface area contributed by atoms with Gasteiger partial charge in [0.2, 0.25) is 0 Å². The fourth-order valence-electron chi connectivity index (χ4n) is 2.26. The summed E-state index contributed by atoms with van der Waals surface area (Å²) in [4.78, 5) is 12.2. The number of Topliss-reactive ketones (excluding diaryl/α,β-unsaturated/α-hetero) is 1. The fraction of sp³-hybridized carbons (Fsp3) is 0.588. The number of unbranched alkanes of at least 4 members (excludes halogenated alkanes) is 3. The Morgan fingerprint density at radius 3 is 2.22 bits per heavy atom. The molecule has 0 fully saturated rings. The average Bonchev–Trinajstić information content (AvgIpc) is 2.42. The molecule has 1 N–H and O–H groups in total. The molecule has 0 unspecified atom stereocenters. The first kappa shape index (κ1) is 20.2. The van der Waals surface area contributed by atoms with Crippen LogP contribution in [0.4, 0.5) is 0 Å². The van der Waals surface area contributed by atoms with E-state index in [-0.39, 0.29) is 16.4 Å². The molecule has 1 rings (SSSR count). The van der Waals surface area contributed by atoms with Crippen LogP contribution >= 0.6 is 10.3 Å². The average molecular weight is 362 g/mol. The minimum atomic E-state index is -3.70. The predicted molar refractivity (Wildman–Crippen MR) is 99.1 cm³/mol. The van der Waals surface area contributed by atoms with Gasteiger partial charge in [-0.2, -0.15) is 0 Å². The van der Waals surface area contributed by atoms with E-state index in [0.29, 0.717) is 6.42 Å². The molecule has 0 heterocycles. The fourth-order valence-corrected chi connectivity index (χ4v) is 6.35. The molecular weight excluding hydrogens is 332 g/mol. The molecule has 0 saturated heterocycles. The van der Waals surface area contributed by atoms with Gasteiger partial charge in [0, 0.05) is 18.9 Å². The van der Waals surface area contributed by atoms with Crippen LogP contribution in [-0.2, 0) is 14.9 Å². The van der Waals surface area contributed by atoms with Gasteiger partial charge >= 0.3 is 10.1 Å². The molecule has 0 saturated carbocycles. The number of hydrogen-bond donors (Lipinski definition) is 0. The summed E-state index contributed by atoms with van der Waals surface area (Å²) in [5.74, 6) is 0.355. The first-order valence-electron chi connectivity index (χ1n) is 7.95. The van der Waals surface area contributed by atoms with E-state index in [4.69, 9.17) is 0 Å². The van der Waals surface area contributed by atoms with Crippen molar-refractivity contribution >= 4 is 26.2 Å². The van der Waals surface area contributed by atoms with Crippen molar-refractivity contribution in [2.24, 2.45) is 0 Å². The summed E-state index contributed by atoms with van der Waals surface area (Å²) in [5.41, 5.74) is 0.998. The van der Waals surface area contributed by atoms with Gasteiger partial charge in [-0.05, 0) is 35.8 Å². The van der Waals surface area contributed by atoms with Crippen LogP contribution in [0.3, 0.4) is 0 Å². The molecule has 0 aliphatic rings. The second-order valence-corrected chi connectivity index (χ2v) is 11.6. The molecule has 0 aliphatic heterocycles. The van der Waals surface area contributed by atoms with E-state index in [0.717, 1.165) is 31.2 Å². The summed E-state index contributed by atoms with van der Waals surface area (Å²) in [5, 5.41) is 0. The maximum absolute atomic E-state index is 12.4. The molecule has 0 spiro atoms. The van der Waals surface area contributed by atoms with Crippen molar-refractivity contribution in [3.63, 3.8) is 0 Å². The number of hydrogen-bond acceptors (Lipinski definition) is 3. The summed E-state index contributed by atoms with van der Waals surface area (Å²) in [6.07, 6.45) is 8.29. The van der Waals surface area contributed by atoms with Gasteiger partial charge in [0.1, 0.15) is 10.7 Å². The second kappa shape index (κ2) is 8.85. The van der Waals surface area contributed by atoms with Crippen molar-refractivity contribution in [1.29, 1.82) is 0 Å². The van der Waals surface area contributed by atoms with Crippen molar-refractivity contribution < 1.29 is 16.8 Å². The molecular formula is C17H29O4S2+. The number of ketones is 1. The number of aryl methyl sites for hydroxylation is 1. The normalized spacial score (nSPS) is 13.0. The Kier molecular flexibility index (Phi) is 7.77. The van der Waals surface area contributed by atoms with Crippen LogP contribution in [0.1, 0.15) is 44.6 Å². The topological polar surface area (TPSA) is 64.0 Å². The van der Waals surface area contributed by atoms with E-state index in [2.05, 4.69) is 10.6 Å². The summed E-state index contributed by atoms with van der Waals surface area (Å²) in [6, 6.07) is 6.64. The number of benzene rings is 1. The SMILES string of the molecule is CCCCCCC(=O)CS(C)(C)[OH+]S(=O)(=O)c1ccc(C)cc1. The van der Waals surface area contributed by atoms with E-state index in [9.17, 15) is 13.2 Å². The van der Waals surface area contributed by atoms with Gasteiger partial charge in [-0.15, -0.1) is 8.42 Å². The highest BCUT2D eigenvalue weighted by Gasteiger charge is 2.31. The molecule has 0 radical (unpaired) electrons. The lowest BCUT2D eigenvalue weighted by Crippen LogP contribution is -2.21. The second-order valence-electron chi connectivity index (χ2n) is 6.34. The Morgan fingerprint density at radius 1 is 1.04 bits per heavy atom. The highest BCUT2D eigenvalue weighted by Crippen LogP contribution is 2.41. The molecule has 0 atom stereocenters. The number of rotatable bonds is 10. The third-order valence-corrected chi connectivity index (χ3v) is 7.74. The monoisotopic (exact) mass is 361 g/mol. The van der Waals surface area contributed by atoms with Crippen LogP contribution in [0.15, 0.2) is 29.2 Å². The molecule has 6 heteroatoms. The van der Waals surface area contributed by atoms with Gasteiger partial charge in [0.05, 0.1) is 5.75 Å². The van der Waals surface area contributed by atoms with Gasteiger partial charge in [-0.1, -0.05) is 43.9 Å². The summed E-state index contributed by atoms with van der Waals surface area (Å²) in [6.45, 7) is 4.03. The maximum Gasteiger partial charge on any atom is 0.421 e. The molecule has 0 aromatic heterocycles. The van der Waals surface area contributed by atoms with Gasteiger partial charge in [-0.25, -0.2) is 0 Å². The van der Waals surface area contributed by atoms with Crippen LogP contribution in [0, 0.1) is 6.92 Å². The maximum atomic E-state index is 12.4. The Balaban J connectivity index is 2.62. The lowest BCUT2D eigenvalue weighted by atomic mass is 10.1. The highest BCUT2D eigenvalue weighted by molar-refractivity contribution is 8.31. The lowest BCUT2D eigenvalue weighted by Gasteiger charge is -2.24. The van der Waals surface area contributed by atoms with Crippen LogP contribution in [0.25, 0.3) is 0 Å². The Hall–Kier alpha value is -0.850. The van der Waals surface area contributed by atoms with Crippen molar-refractivity contribution in [3.8, 4) is 0 Å². The molecule has 23 heavy (non-hydrogen) atoms. The van der Waals surface area contributed by atoms with Crippen molar-refractivity contribution in [2.45, 2.75) is 50.8 Å². The first-order valence-corrected chi connectivity index (χ1v) is 12.0. The van der Waals surface area contributed by atoms with E-state index in [1.807, 2.05) is 6.92 Å². The van der Waals surface area contributed by atoms with Gasteiger partial charge in [0.25, 0.3) is 0 Å². The van der Waals surface area contributed by atoms with E-state index in [1.165, 1.54) is 0 Å². The zero-order chi connectivity index (χ0) is 17.5. The minimum Gasteiger partial charge on any atom is -0.299 e. The predicted octanol–water partition coefficient (Wildman–Crippen LogP) is 4.30. The summed E-state index contributed by atoms with van der Waals surface area (Å²) in [7, 11) is -5.55. The van der Waals surface area contributed by atoms with Crippen molar-refractivity contribution in [3.05, 3.63) is 29.8 Å². The van der Waals surface area contributed by atoms with Gasteiger partial charge in [-0.3, -0.25) is 8.42 Å². The van der Waals surface area contributed by atoms with Gasteiger partial charge < -0.3 is 0 Å². The standard InChI is InChI=1S/C17H28O4S2/c1-5-6-7-8-9-16(18)14-22(3,4)21-23(19,20)17-12-10-15(2)11-13-17/h10-13H,5-9,14H2,1-4H3/p+1. The van der Waals surface area contributed by atoms with Crippen molar-refractivity contribution in [2.75, 3.05) is 18.3 Å². The Labute approximate surface area is 142 Å². The van der Waals surface area contributed by atoms with E-state index >= 15 is 0 Å². The zero-order valence-corrected chi connectivity index (χ0v) is 16.2. The molecule has 0 amide bonds. The number of carbonyl (C=O) groups is 1. The van der Waals surface area contributed by atoms with Crippen LogP contribution < -0.4 is 0 Å². The van der Waals surface area contributed by atoms with Crippen LogP contribution in [0.5, 0.6) is 0 Å². The smallest absolute Gasteiger partial charge is 0.299 e. The Morgan fingerprint density at radius 2 is 1.65 bits per heavy atom. The minimum absolute atomic E-state index is 0.115. The van der Waals surface area contributed by atoms with Crippen LogP contribution in [0.2, 0.25) is 0 Å². The molecule has 0 aliphatic carbocycles. The Bertz CT molecular complexity index is 604. The summed E-state index contributed by atoms with van der Waals surface area (Å²) < 4.78 is 28.8. The third kappa shape index (κ3) is 7.50. The van der Waals surface area contributed by atoms with Gasteiger partial charge in [0.15, 0.2) is 0 Å². The van der Waals surface area contributed by atoms with E-state index in [1.54, 1.807) is 36.8 Å². The van der Waals surface area contributed by atoms with Crippen LogP contribution in [-0.4, -0.2) is 36.1 Å². The molecule has 1 aromatic rings. The van der Waals surface area contributed by atoms with Crippen molar-refractivity contribution in [1.82, 2.24) is 0 Å².